The van der Waals surface area contributed by atoms with Crippen LogP contribution in [0.15, 0.2) is 11.6 Å². The van der Waals surface area contributed by atoms with Gasteiger partial charge in [-0.1, -0.05) is 0 Å². The zero-order chi connectivity index (χ0) is 10.5. The summed E-state index contributed by atoms with van der Waals surface area (Å²) >= 11 is 0. The molecule has 0 aliphatic carbocycles. The summed E-state index contributed by atoms with van der Waals surface area (Å²) < 4.78 is 5.28. The number of rotatable bonds is 4. The number of amides is 1. The molecular formula is C9H14N2O2. The van der Waals surface area contributed by atoms with E-state index in [2.05, 4.69) is 0 Å². The first-order chi connectivity index (χ1) is 5.93. The molecule has 0 rings (SSSR count). The molecule has 0 aliphatic heterocycles. The molecule has 4 nitrogen and oxygen atoms in total. The second kappa shape index (κ2) is 4.63. The van der Waals surface area contributed by atoms with Crippen LogP contribution in [0.4, 0.5) is 0 Å². The average Bonchev–Trinajstić information content (AvgIpc) is 1.99. The predicted octanol–water partition coefficient (Wildman–Crippen LogP) is 0.737. The lowest BCUT2D eigenvalue weighted by Crippen LogP contribution is -2.24. The van der Waals surface area contributed by atoms with Gasteiger partial charge in [0.1, 0.15) is 11.6 Å². The van der Waals surface area contributed by atoms with Crippen LogP contribution >= 0.6 is 0 Å². The normalized spacial score (nSPS) is 12.3. The number of hydrogen-bond donors (Lipinski definition) is 1. The molecule has 4 heteroatoms. The summed E-state index contributed by atoms with van der Waals surface area (Å²) in [6.45, 7) is 5.88. The van der Waals surface area contributed by atoms with E-state index in [0.29, 0.717) is 6.61 Å². The first kappa shape index (κ1) is 11.7. The van der Waals surface area contributed by atoms with Crippen molar-refractivity contribution < 1.29 is 9.53 Å². The quantitative estimate of drug-likeness (QED) is 0.514. The van der Waals surface area contributed by atoms with Gasteiger partial charge in [-0.3, -0.25) is 4.79 Å². The fraction of sp³-hybridized carbons (Fsp3) is 0.556. The summed E-state index contributed by atoms with van der Waals surface area (Å²) in [6.07, 6.45) is 1.43. The van der Waals surface area contributed by atoms with Crippen LogP contribution in [-0.4, -0.2) is 18.1 Å². The van der Waals surface area contributed by atoms with E-state index in [1.165, 1.54) is 6.08 Å². The van der Waals surface area contributed by atoms with Crippen molar-refractivity contribution in [1.29, 1.82) is 5.26 Å². The lowest BCUT2D eigenvalue weighted by molar-refractivity contribution is -0.114. The van der Waals surface area contributed by atoms with Crippen molar-refractivity contribution in [1.82, 2.24) is 0 Å². The Bertz CT molecular complexity index is 261. The van der Waals surface area contributed by atoms with Crippen molar-refractivity contribution in [3.63, 3.8) is 0 Å². The SMILES string of the molecule is CCOC(C)(C)C=C(C#N)C(N)=O. The number of carbonyl (C=O) groups is 1. The summed E-state index contributed by atoms with van der Waals surface area (Å²) in [4.78, 5) is 10.7. The molecule has 0 heterocycles. The second-order valence-electron chi connectivity index (χ2n) is 3.07. The number of nitrogens with two attached hydrogens (primary N) is 1. The van der Waals surface area contributed by atoms with Crippen LogP contribution in [0.5, 0.6) is 0 Å². The van der Waals surface area contributed by atoms with Crippen molar-refractivity contribution in [3.8, 4) is 6.07 Å². The van der Waals surface area contributed by atoms with Crippen molar-refractivity contribution >= 4 is 5.91 Å². The zero-order valence-corrected chi connectivity index (χ0v) is 8.13. The minimum Gasteiger partial charge on any atom is -0.372 e. The van der Waals surface area contributed by atoms with Crippen molar-refractivity contribution in [2.75, 3.05) is 6.61 Å². The Morgan fingerprint density at radius 1 is 1.69 bits per heavy atom. The molecule has 1 amide bonds. The van der Waals surface area contributed by atoms with Crippen molar-refractivity contribution in [3.05, 3.63) is 11.6 Å². The summed E-state index contributed by atoms with van der Waals surface area (Å²) in [5, 5.41) is 8.55. The molecule has 0 atom stereocenters. The molecule has 13 heavy (non-hydrogen) atoms. The number of hydrogen-bond acceptors (Lipinski definition) is 3. The maximum Gasteiger partial charge on any atom is 0.259 e. The molecule has 72 valence electrons. The van der Waals surface area contributed by atoms with Crippen LogP contribution in [-0.2, 0) is 9.53 Å². The van der Waals surface area contributed by atoms with Gasteiger partial charge in [0, 0.05) is 6.61 Å². The number of ether oxygens (including phenoxy) is 1. The van der Waals surface area contributed by atoms with E-state index in [-0.39, 0.29) is 5.57 Å². The van der Waals surface area contributed by atoms with Gasteiger partial charge in [0.05, 0.1) is 5.60 Å². The minimum absolute atomic E-state index is 0.0709. The molecule has 0 spiro atoms. The van der Waals surface area contributed by atoms with E-state index in [1.807, 2.05) is 6.92 Å². The van der Waals surface area contributed by atoms with Crippen LogP contribution in [0.2, 0.25) is 0 Å². The molecule has 0 saturated carbocycles. The summed E-state index contributed by atoms with van der Waals surface area (Å²) in [5.41, 5.74) is 4.26. The Hall–Kier alpha value is -1.34. The summed E-state index contributed by atoms with van der Waals surface area (Å²) in [5.74, 6) is -0.727. The summed E-state index contributed by atoms with van der Waals surface area (Å²) in [6, 6.07) is 1.72. The Balaban J connectivity index is 4.70. The molecule has 0 aromatic heterocycles. The molecule has 0 fully saturated rings. The van der Waals surface area contributed by atoms with Gasteiger partial charge in [-0.25, -0.2) is 0 Å². The third-order valence-electron chi connectivity index (χ3n) is 1.39. The number of primary amides is 1. The molecule has 0 unspecified atom stereocenters. The molecule has 2 N–H and O–H groups in total. The van der Waals surface area contributed by atoms with Crippen LogP contribution in [0.3, 0.4) is 0 Å². The highest BCUT2D eigenvalue weighted by atomic mass is 16.5. The molecule has 0 aromatic carbocycles. The van der Waals surface area contributed by atoms with E-state index < -0.39 is 11.5 Å². The first-order valence-electron chi connectivity index (χ1n) is 3.99. The Labute approximate surface area is 78.0 Å². The third-order valence-corrected chi connectivity index (χ3v) is 1.39. The third kappa shape index (κ3) is 4.28. The first-order valence-corrected chi connectivity index (χ1v) is 3.99. The predicted molar refractivity (Wildman–Crippen MR) is 48.6 cm³/mol. The van der Waals surface area contributed by atoms with Crippen LogP contribution in [0.1, 0.15) is 20.8 Å². The monoisotopic (exact) mass is 182 g/mol. The van der Waals surface area contributed by atoms with Gasteiger partial charge < -0.3 is 10.5 Å². The van der Waals surface area contributed by atoms with Gasteiger partial charge in [0.2, 0.25) is 0 Å². The van der Waals surface area contributed by atoms with Gasteiger partial charge in [0.15, 0.2) is 0 Å². The van der Waals surface area contributed by atoms with E-state index in [0.717, 1.165) is 0 Å². The van der Waals surface area contributed by atoms with Crippen LogP contribution < -0.4 is 5.73 Å². The number of nitrogens with zero attached hydrogens (tertiary/aromatic N) is 1. The Morgan fingerprint density at radius 2 is 2.23 bits per heavy atom. The minimum atomic E-state index is -0.727. The lowest BCUT2D eigenvalue weighted by Gasteiger charge is -2.20. The second-order valence-corrected chi connectivity index (χ2v) is 3.07. The Kier molecular flexibility index (Phi) is 4.15. The lowest BCUT2D eigenvalue weighted by atomic mass is 10.1. The molecule has 0 aromatic rings. The smallest absolute Gasteiger partial charge is 0.259 e. The fourth-order valence-electron chi connectivity index (χ4n) is 0.920. The average molecular weight is 182 g/mol. The largest absolute Gasteiger partial charge is 0.372 e. The van der Waals surface area contributed by atoms with Gasteiger partial charge in [-0.05, 0) is 26.8 Å². The highest BCUT2D eigenvalue weighted by Gasteiger charge is 2.17. The molecular weight excluding hydrogens is 168 g/mol. The summed E-state index contributed by atoms with van der Waals surface area (Å²) in [7, 11) is 0. The Morgan fingerprint density at radius 3 is 2.54 bits per heavy atom. The zero-order valence-electron chi connectivity index (χ0n) is 8.13. The highest BCUT2D eigenvalue weighted by Crippen LogP contribution is 2.13. The maximum atomic E-state index is 10.7. The molecule has 0 bridgehead atoms. The van der Waals surface area contributed by atoms with E-state index in [1.54, 1.807) is 19.9 Å². The van der Waals surface area contributed by atoms with Crippen molar-refractivity contribution in [2.45, 2.75) is 26.4 Å². The van der Waals surface area contributed by atoms with Crippen LogP contribution in [0, 0.1) is 11.3 Å². The van der Waals surface area contributed by atoms with Crippen LogP contribution in [0.25, 0.3) is 0 Å². The van der Waals surface area contributed by atoms with E-state index in [9.17, 15) is 4.79 Å². The number of nitriles is 1. The van der Waals surface area contributed by atoms with Gasteiger partial charge in [0.25, 0.3) is 5.91 Å². The molecule has 0 saturated heterocycles. The highest BCUT2D eigenvalue weighted by molar-refractivity contribution is 5.96. The van der Waals surface area contributed by atoms with Gasteiger partial charge >= 0.3 is 0 Å². The van der Waals surface area contributed by atoms with E-state index in [4.69, 9.17) is 15.7 Å². The van der Waals surface area contributed by atoms with Gasteiger partial charge in [-0.2, -0.15) is 5.26 Å². The fourth-order valence-corrected chi connectivity index (χ4v) is 0.920. The standard InChI is InChI=1S/C9H14N2O2/c1-4-13-9(2,3)5-7(6-10)8(11)12/h5H,4H2,1-3H3,(H2,11,12). The maximum absolute atomic E-state index is 10.7. The topological polar surface area (TPSA) is 76.1 Å². The van der Waals surface area contributed by atoms with E-state index >= 15 is 0 Å². The van der Waals surface area contributed by atoms with Crippen molar-refractivity contribution in [2.24, 2.45) is 5.73 Å². The number of carbonyl (C=O) groups excluding carboxylic acids is 1. The molecule has 0 aliphatic rings. The van der Waals surface area contributed by atoms with Gasteiger partial charge in [-0.15, -0.1) is 0 Å². The molecule has 0 radical (unpaired) electrons.